The Labute approximate surface area is 231 Å². The topological polar surface area (TPSA) is 123 Å². The van der Waals surface area contributed by atoms with Gasteiger partial charge >= 0.3 is 5.97 Å². The van der Waals surface area contributed by atoms with Crippen LogP contribution in [-0.4, -0.2) is 29.4 Å². The Morgan fingerprint density at radius 2 is 1.73 bits per heavy atom. The van der Waals surface area contributed by atoms with Crippen molar-refractivity contribution >= 4 is 29.2 Å². The van der Waals surface area contributed by atoms with Gasteiger partial charge in [0.1, 0.15) is 0 Å². The summed E-state index contributed by atoms with van der Waals surface area (Å²) in [5, 5.41) is 5.38. The van der Waals surface area contributed by atoms with E-state index in [9.17, 15) is 18.8 Å². The number of carbonyl (C=O) groups is 3. The molecule has 204 valence electrons. The van der Waals surface area contributed by atoms with Crippen molar-refractivity contribution in [3.05, 3.63) is 113 Å². The average Bonchev–Trinajstić information content (AvgIpc) is 2.97. The van der Waals surface area contributed by atoms with Crippen LogP contribution in [0.2, 0.25) is 0 Å². The van der Waals surface area contributed by atoms with Crippen molar-refractivity contribution in [2.24, 2.45) is 5.73 Å². The molecule has 0 unspecified atom stereocenters. The monoisotopic (exact) mass is 540 g/mol. The molecule has 9 heteroatoms. The van der Waals surface area contributed by atoms with Gasteiger partial charge in [0.25, 0.3) is 11.8 Å². The lowest BCUT2D eigenvalue weighted by atomic mass is 9.95. The average molecular weight is 541 g/mol. The molecule has 2 amide bonds. The van der Waals surface area contributed by atoms with E-state index < -0.39 is 17.7 Å². The van der Waals surface area contributed by atoms with Crippen molar-refractivity contribution < 1.29 is 23.5 Å². The third-order valence-corrected chi connectivity index (χ3v) is 6.20. The number of amides is 2. The highest BCUT2D eigenvalue weighted by Gasteiger charge is 2.16. The normalized spacial score (nSPS) is 10.6. The molecule has 0 bridgehead atoms. The number of aromatic nitrogens is 1. The summed E-state index contributed by atoms with van der Waals surface area (Å²) in [6.07, 6.45) is 3.11. The van der Waals surface area contributed by atoms with Gasteiger partial charge in [-0.2, -0.15) is 0 Å². The number of rotatable bonds is 9. The van der Waals surface area contributed by atoms with Crippen LogP contribution < -0.4 is 16.4 Å². The molecule has 0 fully saturated rings. The molecule has 0 radical (unpaired) electrons. The molecule has 0 aliphatic rings. The second-order valence-corrected chi connectivity index (χ2v) is 9.09. The SMILES string of the molecule is CCCOC(=O)c1cc(NC(=O)c2cccc(-c3cc(C(=O)Nc4ccncc4F)ccc3CN)c2)ccc1C. The Bertz CT molecular complexity index is 1570. The molecular weight excluding hydrogens is 511 g/mol. The number of hydrogen-bond donors (Lipinski definition) is 3. The standard InChI is InChI=1S/C31H29FN4O4/c1-3-13-40-31(39)25-16-24(10-7-19(25)2)35-29(37)21-6-4-5-20(14-21)26-15-22(8-9-23(26)17-33)30(38)36-28-11-12-34-18-27(28)32/h4-12,14-16,18H,3,13,17,33H2,1-2H3,(H,35,37)(H,34,36,38). The van der Waals surface area contributed by atoms with Gasteiger partial charge in [0, 0.05) is 29.6 Å². The molecule has 4 rings (SSSR count). The number of esters is 1. The van der Waals surface area contributed by atoms with E-state index in [4.69, 9.17) is 10.5 Å². The van der Waals surface area contributed by atoms with Gasteiger partial charge in [0.05, 0.1) is 24.1 Å². The number of nitrogens with two attached hydrogens (primary N) is 1. The largest absolute Gasteiger partial charge is 0.462 e. The highest BCUT2D eigenvalue weighted by Crippen LogP contribution is 2.27. The lowest BCUT2D eigenvalue weighted by Gasteiger charge is -2.13. The van der Waals surface area contributed by atoms with Gasteiger partial charge in [-0.05, 0) is 78.1 Å². The van der Waals surface area contributed by atoms with Gasteiger partial charge in [-0.25, -0.2) is 9.18 Å². The molecule has 3 aromatic carbocycles. The molecule has 1 heterocycles. The number of carbonyl (C=O) groups excluding carboxylic acids is 3. The maximum Gasteiger partial charge on any atom is 0.338 e. The van der Waals surface area contributed by atoms with Gasteiger partial charge in [-0.15, -0.1) is 0 Å². The number of nitrogens with one attached hydrogen (secondary N) is 2. The third-order valence-electron chi connectivity index (χ3n) is 6.20. The second-order valence-electron chi connectivity index (χ2n) is 9.09. The summed E-state index contributed by atoms with van der Waals surface area (Å²) in [6.45, 7) is 4.23. The van der Waals surface area contributed by atoms with E-state index in [1.807, 2.05) is 13.0 Å². The maximum atomic E-state index is 14.0. The third kappa shape index (κ3) is 6.57. The van der Waals surface area contributed by atoms with Crippen molar-refractivity contribution in [1.82, 2.24) is 4.98 Å². The molecular formula is C31H29FN4O4. The van der Waals surface area contributed by atoms with E-state index >= 15 is 0 Å². The number of nitrogens with zero attached hydrogens (tertiary/aromatic N) is 1. The Morgan fingerprint density at radius 3 is 2.48 bits per heavy atom. The van der Waals surface area contributed by atoms with Crippen LogP contribution in [0.15, 0.2) is 79.1 Å². The number of ether oxygens (including phenoxy) is 1. The van der Waals surface area contributed by atoms with Crippen LogP contribution in [0, 0.1) is 12.7 Å². The zero-order valence-corrected chi connectivity index (χ0v) is 22.2. The maximum absolute atomic E-state index is 14.0. The summed E-state index contributed by atoms with van der Waals surface area (Å²) in [4.78, 5) is 42.1. The molecule has 0 aliphatic heterocycles. The highest BCUT2D eigenvalue weighted by atomic mass is 19.1. The van der Waals surface area contributed by atoms with Gasteiger partial charge in [-0.3, -0.25) is 14.6 Å². The number of pyridine rings is 1. The van der Waals surface area contributed by atoms with Crippen LogP contribution in [0.1, 0.15) is 55.5 Å². The van der Waals surface area contributed by atoms with Crippen molar-refractivity contribution in [1.29, 1.82) is 0 Å². The quantitative estimate of drug-likeness (QED) is 0.233. The minimum absolute atomic E-state index is 0.0148. The van der Waals surface area contributed by atoms with E-state index in [2.05, 4.69) is 15.6 Å². The zero-order chi connectivity index (χ0) is 28.6. The Kier molecular flexibility index (Phi) is 8.98. The molecule has 4 N–H and O–H groups in total. The summed E-state index contributed by atoms with van der Waals surface area (Å²) in [5.41, 5.74) is 10.3. The molecule has 4 aromatic rings. The summed E-state index contributed by atoms with van der Waals surface area (Å²) < 4.78 is 19.2. The number of benzene rings is 3. The smallest absolute Gasteiger partial charge is 0.338 e. The first kappa shape index (κ1) is 28.1. The molecule has 8 nitrogen and oxygen atoms in total. The number of halogens is 1. The van der Waals surface area contributed by atoms with Gasteiger partial charge in [0.2, 0.25) is 0 Å². The van der Waals surface area contributed by atoms with Crippen molar-refractivity contribution in [3.8, 4) is 11.1 Å². The van der Waals surface area contributed by atoms with Crippen molar-refractivity contribution in [3.63, 3.8) is 0 Å². The Balaban J connectivity index is 1.58. The fraction of sp³-hybridized carbons (Fsp3) is 0.161. The molecule has 40 heavy (non-hydrogen) atoms. The van der Waals surface area contributed by atoms with Crippen molar-refractivity contribution in [2.45, 2.75) is 26.8 Å². The lowest BCUT2D eigenvalue weighted by Crippen LogP contribution is -2.14. The minimum atomic E-state index is -0.646. The van der Waals surface area contributed by atoms with E-state index in [1.54, 1.807) is 61.5 Å². The summed E-state index contributed by atoms with van der Waals surface area (Å²) >= 11 is 0. The number of aryl methyl sites for hydroxylation is 1. The van der Waals surface area contributed by atoms with Crippen LogP contribution in [0.3, 0.4) is 0 Å². The van der Waals surface area contributed by atoms with E-state index in [0.29, 0.717) is 46.5 Å². The minimum Gasteiger partial charge on any atom is -0.462 e. The lowest BCUT2D eigenvalue weighted by molar-refractivity contribution is 0.0504. The number of anilines is 2. The van der Waals surface area contributed by atoms with E-state index in [-0.39, 0.29) is 18.1 Å². The zero-order valence-electron chi connectivity index (χ0n) is 22.2. The predicted molar refractivity (Wildman–Crippen MR) is 152 cm³/mol. The van der Waals surface area contributed by atoms with Gasteiger partial charge < -0.3 is 21.1 Å². The Hall–Kier alpha value is -4.89. The summed E-state index contributed by atoms with van der Waals surface area (Å²) in [7, 11) is 0. The number of hydrogen-bond acceptors (Lipinski definition) is 6. The van der Waals surface area contributed by atoms with Crippen LogP contribution in [0.5, 0.6) is 0 Å². The van der Waals surface area contributed by atoms with E-state index in [0.717, 1.165) is 17.3 Å². The fourth-order valence-corrected chi connectivity index (χ4v) is 4.06. The molecule has 1 aromatic heterocycles. The van der Waals surface area contributed by atoms with Crippen molar-refractivity contribution in [2.75, 3.05) is 17.2 Å². The second kappa shape index (κ2) is 12.8. The van der Waals surface area contributed by atoms with Crippen LogP contribution >= 0.6 is 0 Å². The molecule has 0 saturated carbocycles. The van der Waals surface area contributed by atoms with Gasteiger partial charge in [-0.1, -0.05) is 31.2 Å². The molecule has 0 atom stereocenters. The summed E-state index contributed by atoms with van der Waals surface area (Å²) in [6, 6.07) is 18.3. The molecule has 0 spiro atoms. The predicted octanol–water partition coefficient (Wildman–Crippen LogP) is 5.73. The molecule has 0 saturated heterocycles. The Morgan fingerprint density at radius 1 is 0.950 bits per heavy atom. The first-order chi connectivity index (χ1) is 19.3. The highest BCUT2D eigenvalue weighted by molar-refractivity contribution is 6.07. The van der Waals surface area contributed by atoms with Crippen LogP contribution in [-0.2, 0) is 11.3 Å². The van der Waals surface area contributed by atoms with Crippen LogP contribution in [0.25, 0.3) is 11.1 Å². The summed E-state index contributed by atoms with van der Waals surface area (Å²) in [5.74, 6) is -1.97. The first-order valence-electron chi connectivity index (χ1n) is 12.7. The fourth-order valence-electron chi connectivity index (χ4n) is 4.06. The van der Waals surface area contributed by atoms with Gasteiger partial charge in [0.15, 0.2) is 5.82 Å². The first-order valence-corrected chi connectivity index (χ1v) is 12.7. The van der Waals surface area contributed by atoms with E-state index in [1.165, 1.54) is 12.3 Å². The van der Waals surface area contributed by atoms with Crippen LogP contribution in [0.4, 0.5) is 15.8 Å². The molecule has 0 aliphatic carbocycles.